The van der Waals surface area contributed by atoms with Crippen LogP contribution in [0.25, 0.3) is 11.0 Å². The SMILES string of the molecule is CCN(C(=O)COC(=O)c1cnc2c(cnn2C(C)C)c1)C1=CCCC1. The first-order chi connectivity index (χ1) is 12.5. The number of likely N-dealkylation sites (N-methyl/N-ethyl adjacent to an activating group) is 1. The van der Waals surface area contributed by atoms with Crippen LogP contribution in [0.2, 0.25) is 0 Å². The number of amides is 1. The van der Waals surface area contributed by atoms with Crippen LogP contribution in [0.4, 0.5) is 0 Å². The van der Waals surface area contributed by atoms with Crippen molar-refractivity contribution in [1.82, 2.24) is 19.7 Å². The number of nitrogens with zero attached hydrogens (tertiary/aromatic N) is 4. The van der Waals surface area contributed by atoms with Crippen LogP contribution in [-0.4, -0.2) is 44.7 Å². The largest absolute Gasteiger partial charge is 0.452 e. The van der Waals surface area contributed by atoms with Crippen molar-refractivity contribution in [1.29, 1.82) is 0 Å². The zero-order valence-corrected chi connectivity index (χ0v) is 15.4. The van der Waals surface area contributed by atoms with Crippen LogP contribution in [0.3, 0.4) is 0 Å². The molecule has 7 heteroatoms. The number of carbonyl (C=O) groups excluding carboxylic acids is 2. The maximum absolute atomic E-state index is 12.4. The Morgan fingerprint density at radius 1 is 1.35 bits per heavy atom. The molecule has 0 fully saturated rings. The quantitative estimate of drug-likeness (QED) is 0.743. The molecule has 0 saturated carbocycles. The molecule has 7 nitrogen and oxygen atoms in total. The summed E-state index contributed by atoms with van der Waals surface area (Å²) in [7, 11) is 0. The van der Waals surface area contributed by atoms with Gasteiger partial charge in [-0.15, -0.1) is 0 Å². The molecular weight excluding hydrogens is 332 g/mol. The third-order valence-corrected chi connectivity index (χ3v) is 4.47. The van der Waals surface area contributed by atoms with Crippen LogP contribution in [0.5, 0.6) is 0 Å². The first kappa shape index (κ1) is 18.1. The summed E-state index contributed by atoms with van der Waals surface area (Å²) < 4.78 is 7.00. The number of rotatable bonds is 6. The molecule has 1 aliphatic rings. The molecule has 0 bridgehead atoms. The van der Waals surface area contributed by atoms with E-state index in [1.54, 1.807) is 21.8 Å². The highest BCUT2D eigenvalue weighted by Crippen LogP contribution is 2.21. The van der Waals surface area contributed by atoms with Gasteiger partial charge in [0.1, 0.15) is 0 Å². The Kier molecular flexibility index (Phi) is 5.35. The van der Waals surface area contributed by atoms with Crippen LogP contribution in [0.1, 0.15) is 56.4 Å². The molecule has 0 aliphatic heterocycles. The van der Waals surface area contributed by atoms with Gasteiger partial charge in [-0.05, 0) is 46.1 Å². The summed E-state index contributed by atoms with van der Waals surface area (Å²) in [6, 6.07) is 1.87. The fourth-order valence-corrected chi connectivity index (χ4v) is 3.16. The fourth-order valence-electron chi connectivity index (χ4n) is 3.16. The van der Waals surface area contributed by atoms with Gasteiger partial charge in [0, 0.05) is 29.9 Å². The topological polar surface area (TPSA) is 77.3 Å². The molecule has 0 atom stereocenters. The lowest BCUT2D eigenvalue weighted by molar-refractivity contribution is -0.132. The van der Waals surface area contributed by atoms with Gasteiger partial charge >= 0.3 is 5.97 Å². The second-order valence-electron chi connectivity index (χ2n) is 6.62. The van der Waals surface area contributed by atoms with Crippen LogP contribution in [0.15, 0.2) is 30.2 Å². The lowest BCUT2D eigenvalue weighted by atomic mass is 10.2. The molecule has 1 amide bonds. The maximum atomic E-state index is 12.4. The third kappa shape index (κ3) is 3.61. The van der Waals surface area contributed by atoms with Crippen molar-refractivity contribution in [3.63, 3.8) is 0 Å². The molecule has 138 valence electrons. The van der Waals surface area contributed by atoms with Crippen molar-refractivity contribution in [3.8, 4) is 0 Å². The van der Waals surface area contributed by atoms with Gasteiger partial charge in [0.25, 0.3) is 5.91 Å². The standard InChI is InChI=1S/C19H24N4O3/c1-4-22(16-7-5-6-8-16)17(24)12-26-19(25)15-9-14-11-21-23(13(2)3)18(14)20-10-15/h7,9-11,13H,4-6,8,12H2,1-3H3. The van der Waals surface area contributed by atoms with E-state index in [1.165, 1.54) is 6.20 Å². The Morgan fingerprint density at radius 2 is 2.15 bits per heavy atom. The van der Waals surface area contributed by atoms with Gasteiger partial charge in [0.05, 0.1) is 11.8 Å². The van der Waals surface area contributed by atoms with Crippen molar-refractivity contribution in [2.75, 3.05) is 13.2 Å². The van der Waals surface area contributed by atoms with E-state index in [0.717, 1.165) is 36.0 Å². The minimum absolute atomic E-state index is 0.181. The number of hydrogen-bond donors (Lipinski definition) is 0. The number of hydrogen-bond acceptors (Lipinski definition) is 5. The van der Waals surface area contributed by atoms with Gasteiger partial charge in [0.2, 0.25) is 0 Å². The number of carbonyl (C=O) groups is 2. The average molecular weight is 356 g/mol. The van der Waals surface area contributed by atoms with Crippen molar-refractivity contribution < 1.29 is 14.3 Å². The minimum Gasteiger partial charge on any atom is -0.452 e. The summed E-state index contributed by atoms with van der Waals surface area (Å²) in [5.41, 5.74) is 2.06. The van der Waals surface area contributed by atoms with E-state index in [1.807, 2.05) is 20.8 Å². The third-order valence-electron chi connectivity index (χ3n) is 4.47. The Bertz CT molecular complexity index is 854. The van der Waals surface area contributed by atoms with E-state index < -0.39 is 5.97 Å². The Hall–Kier alpha value is -2.70. The molecule has 2 aromatic rings. The molecule has 2 heterocycles. The first-order valence-electron chi connectivity index (χ1n) is 9.01. The summed E-state index contributed by atoms with van der Waals surface area (Å²) >= 11 is 0. The van der Waals surface area contributed by atoms with Crippen LogP contribution in [0, 0.1) is 0 Å². The van der Waals surface area contributed by atoms with Crippen molar-refractivity contribution >= 4 is 22.9 Å². The number of allylic oxidation sites excluding steroid dienone is 2. The average Bonchev–Trinajstić information content (AvgIpc) is 3.29. The predicted molar refractivity (Wildman–Crippen MR) is 97.5 cm³/mol. The first-order valence-corrected chi connectivity index (χ1v) is 9.01. The van der Waals surface area contributed by atoms with Gasteiger partial charge < -0.3 is 9.64 Å². The van der Waals surface area contributed by atoms with Crippen LogP contribution >= 0.6 is 0 Å². The van der Waals surface area contributed by atoms with E-state index in [4.69, 9.17) is 4.74 Å². The highest BCUT2D eigenvalue weighted by molar-refractivity contribution is 5.94. The highest BCUT2D eigenvalue weighted by atomic mass is 16.5. The lowest BCUT2D eigenvalue weighted by Crippen LogP contribution is -2.33. The maximum Gasteiger partial charge on any atom is 0.340 e. The zero-order chi connectivity index (χ0) is 18.7. The summed E-state index contributed by atoms with van der Waals surface area (Å²) in [4.78, 5) is 30.7. The molecule has 26 heavy (non-hydrogen) atoms. The number of esters is 1. The normalized spacial score (nSPS) is 13.9. The molecule has 1 aliphatic carbocycles. The Balaban J connectivity index is 1.66. The van der Waals surface area contributed by atoms with E-state index in [-0.39, 0.29) is 18.6 Å². The summed E-state index contributed by atoms with van der Waals surface area (Å²) in [5, 5.41) is 5.05. The lowest BCUT2D eigenvalue weighted by Gasteiger charge is -2.22. The molecule has 0 radical (unpaired) electrons. The molecular formula is C19H24N4O3. The number of ether oxygens (including phenoxy) is 1. The van der Waals surface area contributed by atoms with Crippen molar-refractivity contribution in [2.45, 2.75) is 46.1 Å². The Labute approximate surface area is 152 Å². The van der Waals surface area contributed by atoms with Gasteiger partial charge in [-0.3, -0.25) is 4.79 Å². The van der Waals surface area contributed by atoms with Gasteiger partial charge in [-0.25, -0.2) is 14.5 Å². The van der Waals surface area contributed by atoms with Crippen molar-refractivity contribution in [2.24, 2.45) is 0 Å². The fraction of sp³-hybridized carbons (Fsp3) is 0.474. The van der Waals surface area contributed by atoms with Gasteiger partial charge in [-0.2, -0.15) is 5.10 Å². The number of aromatic nitrogens is 3. The van der Waals surface area contributed by atoms with Crippen LogP contribution < -0.4 is 0 Å². The molecule has 3 rings (SSSR count). The van der Waals surface area contributed by atoms with Crippen LogP contribution in [-0.2, 0) is 9.53 Å². The highest BCUT2D eigenvalue weighted by Gasteiger charge is 2.20. The minimum atomic E-state index is -0.554. The van der Waals surface area contributed by atoms with Crippen molar-refractivity contribution in [3.05, 3.63) is 35.8 Å². The summed E-state index contributed by atoms with van der Waals surface area (Å²) in [6.07, 6.45) is 8.17. The molecule has 0 N–H and O–H groups in total. The van der Waals surface area contributed by atoms with E-state index >= 15 is 0 Å². The number of fused-ring (bicyclic) bond motifs is 1. The van der Waals surface area contributed by atoms with Gasteiger partial charge in [0.15, 0.2) is 12.3 Å². The predicted octanol–water partition coefficient (Wildman–Crippen LogP) is 3.09. The van der Waals surface area contributed by atoms with E-state index in [2.05, 4.69) is 16.2 Å². The summed E-state index contributed by atoms with van der Waals surface area (Å²) in [6.45, 7) is 6.25. The second-order valence-corrected chi connectivity index (χ2v) is 6.62. The zero-order valence-electron chi connectivity index (χ0n) is 15.4. The van der Waals surface area contributed by atoms with E-state index in [0.29, 0.717) is 12.1 Å². The molecule has 0 unspecified atom stereocenters. The molecule has 0 aromatic carbocycles. The molecule has 2 aromatic heterocycles. The van der Waals surface area contributed by atoms with E-state index in [9.17, 15) is 9.59 Å². The monoisotopic (exact) mass is 356 g/mol. The summed E-state index contributed by atoms with van der Waals surface area (Å²) in [5.74, 6) is -0.753. The smallest absolute Gasteiger partial charge is 0.340 e. The Morgan fingerprint density at radius 3 is 2.81 bits per heavy atom. The molecule has 0 saturated heterocycles. The van der Waals surface area contributed by atoms with Gasteiger partial charge in [-0.1, -0.05) is 6.08 Å². The number of pyridine rings is 1. The molecule has 0 spiro atoms. The second kappa shape index (κ2) is 7.68.